The lowest BCUT2D eigenvalue weighted by atomic mass is 9.68. The highest BCUT2D eigenvalue weighted by molar-refractivity contribution is 6.32. The Bertz CT molecular complexity index is 667. The average molecular weight is 365 g/mol. The van der Waals surface area contributed by atoms with Gasteiger partial charge in [-0.1, -0.05) is 11.6 Å². The normalized spacial score (nSPS) is 30.1. The summed E-state index contributed by atoms with van der Waals surface area (Å²) in [6, 6.07) is 3.73. The van der Waals surface area contributed by atoms with Crippen LogP contribution < -0.4 is 14.8 Å². The fourth-order valence-corrected chi connectivity index (χ4v) is 5.41. The molecule has 4 bridgehead atoms. The van der Waals surface area contributed by atoms with Gasteiger partial charge >= 0.3 is 6.03 Å². The molecule has 2 saturated carbocycles. The third kappa shape index (κ3) is 3.14. The molecule has 2 unspecified atom stereocenters. The predicted molar refractivity (Wildman–Crippen MR) is 97.6 cm³/mol. The van der Waals surface area contributed by atoms with Crippen LogP contribution in [0.2, 0.25) is 5.02 Å². The fraction of sp³-hybridized carbons (Fsp3) is 0.632. The number of carbonyl (C=O) groups is 1. The molecule has 4 fully saturated rings. The van der Waals surface area contributed by atoms with Gasteiger partial charge in [0.2, 0.25) is 0 Å². The Morgan fingerprint density at radius 3 is 2.32 bits per heavy atom. The molecule has 4 aliphatic rings. The van der Waals surface area contributed by atoms with E-state index in [1.165, 1.54) is 19.3 Å². The molecule has 0 radical (unpaired) electrons. The first kappa shape index (κ1) is 16.8. The van der Waals surface area contributed by atoms with Gasteiger partial charge in [-0.05, 0) is 49.9 Å². The highest BCUT2D eigenvalue weighted by Gasteiger charge is 2.44. The number of carbonyl (C=O) groups excluding carboxylic acids is 1. The van der Waals surface area contributed by atoms with Crippen LogP contribution in [0.5, 0.6) is 11.5 Å². The Kier molecular flexibility index (Phi) is 4.44. The molecule has 2 saturated heterocycles. The summed E-state index contributed by atoms with van der Waals surface area (Å²) in [5.74, 6) is 3.34. The Labute approximate surface area is 153 Å². The van der Waals surface area contributed by atoms with Gasteiger partial charge in [-0.15, -0.1) is 0 Å². The number of benzene rings is 1. The summed E-state index contributed by atoms with van der Waals surface area (Å²) in [7, 11) is 3.13. The molecule has 2 heterocycles. The third-order valence-corrected chi connectivity index (χ3v) is 6.38. The quantitative estimate of drug-likeness (QED) is 0.864. The van der Waals surface area contributed by atoms with Gasteiger partial charge in [-0.3, -0.25) is 0 Å². The summed E-state index contributed by atoms with van der Waals surface area (Å²) in [5, 5.41) is 3.49. The number of amides is 2. The van der Waals surface area contributed by atoms with E-state index in [1.54, 1.807) is 26.4 Å². The first-order valence-electron chi connectivity index (χ1n) is 9.06. The first-order chi connectivity index (χ1) is 12.1. The van der Waals surface area contributed by atoms with Crippen molar-refractivity contribution in [3.63, 3.8) is 0 Å². The summed E-state index contributed by atoms with van der Waals surface area (Å²) < 4.78 is 10.6. The Hall–Kier alpha value is -1.62. The maximum absolute atomic E-state index is 13.0. The molecule has 0 aromatic heterocycles. The molecule has 2 aliphatic carbocycles. The molecular weight excluding hydrogens is 340 g/mol. The molecule has 25 heavy (non-hydrogen) atoms. The van der Waals surface area contributed by atoms with Crippen LogP contribution in [0.1, 0.15) is 32.1 Å². The number of hydrogen-bond donors (Lipinski definition) is 1. The van der Waals surface area contributed by atoms with Crippen LogP contribution in [0.25, 0.3) is 0 Å². The number of halogens is 1. The number of rotatable bonds is 3. The van der Waals surface area contributed by atoms with Gasteiger partial charge in [-0.2, -0.15) is 0 Å². The van der Waals surface area contributed by atoms with E-state index < -0.39 is 0 Å². The average Bonchev–Trinajstić information content (AvgIpc) is 2.79. The van der Waals surface area contributed by atoms with E-state index in [4.69, 9.17) is 21.1 Å². The van der Waals surface area contributed by atoms with Crippen LogP contribution in [-0.4, -0.2) is 37.7 Å². The first-order valence-corrected chi connectivity index (χ1v) is 9.44. The standard InChI is InChI=1S/C19H25ClN2O3/c1-24-17-9-16(18(25-2)8-15(17)20)21-19(23)22-10-13-4-11-3-12(5-13)7-14(22)6-11/h8-9,11-14H,3-7,10H2,1-2H3,(H,21,23). The van der Waals surface area contributed by atoms with Crippen LogP contribution in [0.3, 0.4) is 0 Å². The maximum atomic E-state index is 13.0. The Morgan fingerprint density at radius 2 is 1.68 bits per heavy atom. The monoisotopic (exact) mass is 364 g/mol. The van der Waals surface area contributed by atoms with Crippen molar-refractivity contribution in [3.8, 4) is 11.5 Å². The van der Waals surface area contributed by atoms with Gasteiger partial charge in [0, 0.05) is 24.7 Å². The van der Waals surface area contributed by atoms with Gasteiger partial charge in [0.15, 0.2) is 0 Å². The highest BCUT2D eigenvalue weighted by atomic mass is 35.5. The lowest BCUT2D eigenvalue weighted by Crippen LogP contribution is -2.44. The van der Waals surface area contributed by atoms with Crippen LogP contribution in [0, 0.1) is 17.8 Å². The Morgan fingerprint density at radius 1 is 1.04 bits per heavy atom. The summed E-state index contributed by atoms with van der Waals surface area (Å²) in [6.07, 6.45) is 6.25. The summed E-state index contributed by atoms with van der Waals surface area (Å²) in [5.41, 5.74) is 0.595. The lowest BCUT2D eigenvalue weighted by molar-refractivity contribution is 0.136. The van der Waals surface area contributed by atoms with E-state index in [1.807, 2.05) is 0 Å². The number of urea groups is 1. The van der Waals surface area contributed by atoms with Crippen LogP contribution in [0.15, 0.2) is 12.1 Å². The minimum atomic E-state index is -0.0409. The van der Waals surface area contributed by atoms with Gasteiger partial charge in [0.1, 0.15) is 11.5 Å². The molecule has 136 valence electrons. The second kappa shape index (κ2) is 6.60. The smallest absolute Gasteiger partial charge is 0.322 e. The zero-order chi connectivity index (χ0) is 17.6. The van der Waals surface area contributed by atoms with Crippen molar-refractivity contribution >= 4 is 23.3 Å². The molecule has 1 N–H and O–H groups in total. The Balaban J connectivity index is 1.56. The van der Waals surface area contributed by atoms with Crippen molar-refractivity contribution in [1.82, 2.24) is 4.90 Å². The second-order valence-electron chi connectivity index (χ2n) is 7.70. The zero-order valence-electron chi connectivity index (χ0n) is 14.8. The molecule has 2 amide bonds. The van der Waals surface area contributed by atoms with Crippen molar-refractivity contribution in [2.45, 2.75) is 38.1 Å². The minimum Gasteiger partial charge on any atom is -0.495 e. The lowest BCUT2D eigenvalue weighted by Gasteiger charge is -2.38. The SMILES string of the molecule is COc1cc(NC(=O)N2CC3CC4CC(C3)CC2C4)c(OC)cc1Cl. The number of anilines is 1. The van der Waals surface area contributed by atoms with Crippen LogP contribution in [0.4, 0.5) is 10.5 Å². The highest BCUT2D eigenvalue weighted by Crippen LogP contribution is 2.47. The van der Waals surface area contributed by atoms with Crippen molar-refractivity contribution < 1.29 is 14.3 Å². The largest absolute Gasteiger partial charge is 0.495 e. The maximum Gasteiger partial charge on any atom is 0.322 e. The number of hydrogen-bond acceptors (Lipinski definition) is 3. The molecule has 6 heteroatoms. The summed E-state index contributed by atoms with van der Waals surface area (Å²) >= 11 is 6.15. The summed E-state index contributed by atoms with van der Waals surface area (Å²) in [6.45, 7) is 0.872. The topological polar surface area (TPSA) is 50.8 Å². The number of nitrogens with one attached hydrogen (secondary N) is 1. The predicted octanol–water partition coefficient (Wildman–Crippen LogP) is 4.40. The molecule has 1 aromatic rings. The fourth-order valence-electron chi connectivity index (χ4n) is 5.18. The van der Waals surface area contributed by atoms with Gasteiger partial charge < -0.3 is 19.7 Å². The molecule has 1 aromatic carbocycles. The van der Waals surface area contributed by atoms with Gasteiger partial charge in [-0.25, -0.2) is 4.79 Å². The van der Waals surface area contributed by atoms with E-state index in [9.17, 15) is 4.79 Å². The molecule has 0 spiro atoms. The summed E-state index contributed by atoms with van der Waals surface area (Å²) in [4.78, 5) is 15.1. The van der Waals surface area contributed by atoms with E-state index in [0.29, 0.717) is 34.2 Å². The number of nitrogens with zero attached hydrogens (tertiary/aromatic N) is 1. The molecule has 5 nitrogen and oxygen atoms in total. The second-order valence-corrected chi connectivity index (χ2v) is 8.11. The van der Waals surface area contributed by atoms with Gasteiger partial charge in [0.05, 0.1) is 24.9 Å². The van der Waals surface area contributed by atoms with Crippen molar-refractivity contribution in [3.05, 3.63) is 17.2 Å². The molecule has 5 rings (SSSR count). The third-order valence-electron chi connectivity index (χ3n) is 6.08. The van der Waals surface area contributed by atoms with Gasteiger partial charge in [0.25, 0.3) is 0 Å². The molecule has 2 aliphatic heterocycles. The molecular formula is C19H25ClN2O3. The van der Waals surface area contributed by atoms with Crippen LogP contribution in [-0.2, 0) is 0 Å². The minimum absolute atomic E-state index is 0.0409. The van der Waals surface area contributed by atoms with Crippen molar-refractivity contribution in [1.29, 1.82) is 0 Å². The number of methoxy groups -OCH3 is 2. The van der Waals surface area contributed by atoms with Crippen LogP contribution >= 0.6 is 11.6 Å². The molecule has 2 atom stereocenters. The van der Waals surface area contributed by atoms with E-state index in [2.05, 4.69) is 10.2 Å². The van der Waals surface area contributed by atoms with E-state index >= 15 is 0 Å². The van der Waals surface area contributed by atoms with E-state index in [0.717, 1.165) is 31.2 Å². The van der Waals surface area contributed by atoms with E-state index in [-0.39, 0.29) is 6.03 Å². The number of fused-ring (bicyclic) bond motifs is 1. The number of ether oxygens (including phenoxy) is 2. The zero-order valence-corrected chi connectivity index (χ0v) is 15.5. The van der Waals surface area contributed by atoms with Crippen molar-refractivity contribution in [2.24, 2.45) is 17.8 Å². The van der Waals surface area contributed by atoms with Crippen molar-refractivity contribution in [2.75, 3.05) is 26.1 Å².